The highest BCUT2D eigenvalue weighted by atomic mass is 16.5. The quantitative estimate of drug-likeness (QED) is 0.378. The third-order valence-corrected chi connectivity index (χ3v) is 5.75. The third kappa shape index (κ3) is 4.36. The van der Waals surface area contributed by atoms with E-state index in [1.807, 2.05) is 75.4 Å². The molecule has 0 saturated heterocycles. The lowest BCUT2D eigenvalue weighted by molar-refractivity contribution is 0.242. The molecule has 1 N–H and O–H groups in total. The predicted octanol–water partition coefficient (Wildman–Crippen LogP) is 4.45. The van der Waals surface area contributed by atoms with E-state index in [-0.39, 0.29) is 24.8 Å². The summed E-state index contributed by atoms with van der Waals surface area (Å²) in [6.07, 6.45) is 3.48. The zero-order valence-electron chi connectivity index (χ0n) is 19.8. The number of fused-ring (bicyclic) bond motifs is 1. The lowest BCUT2D eigenvalue weighted by Gasteiger charge is -2.09. The summed E-state index contributed by atoms with van der Waals surface area (Å²) < 4.78 is 14.7. The highest BCUT2D eigenvalue weighted by Crippen LogP contribution is 2.26. The number of nitrogens with zero attached hydrogens (tertiary/aromatic N) is 4. The van der Waals surface area contributed by atoms with Gasteiger partial charge in [-0.15, -0.1) is 0 Å². The van der Waals surface area contributed by atoms with Gasteiger partial charge in [-0.25, -0.2) is 9.50 Å². The fraction of sp³-hybridized carbons (Fsp3) is 0.222. The summed E-state index contributed by atoms with van der Waals surface area (Å²) in [6, 6.07) is 17.1. The number of hydrogen-bond acceptors (Lipinski definition) is 6. The minimum absolute atomic E-state index is 0.0954. The summed E-state index contributed by atoms with van der Waals surface area (Å²) in [7, 11) is 0. The molecule has 0 aliphatic heterocycles. The van der Waals surface area contributed by atoms with Crippen molar-refractivity contribution in [1.29, 1.82) is 0 Å². The molecule has 0 amide bonds. The van der Waals surface area contributed by atoms with Gasteiger partial charge >= 0.3 is 0 Å². The second kappa shape index (κ2) is 9.23. The molecule has 178 valence electrons. The Kier molecular flexibility index (Phi) is 5.96. The molecule has 0 unspecified atom stereocenters. The standard InChI is InChI=1S/C27H26N4O4/c1-17(2)34-21-11-9-20(10-12-21)26-28-23(18(3)35-26)15-30-13-14-31-25(27(30)33)22(16-32)24(29-31)19-7-5-4-6-8-19/h4-14,17,32H,15-16H2,1-3H3. The molecular weight excluding hydrogens is 444 g/mol. The van der Waals surface area contributed by atoms with Crippen molar-refractivity contribution in [1.82, 2.24) is 19.2 Å². The first-order valence-electron chi connectivity index (χ1n) is 11.4. The van der Waals surface area contributed by atoms with Crippen LogP contribution in [0, 0.1) is 6.92 Å². The van der Waals surface area contributed by atoms with Crippen molar-refractivity contribution < 1.29 is 14.3 Å². The van der Waals surface area contributed by atoms with Gasteiger partial charge in [0.15, 0.2) is 0 Å². The van der Waals surface area contributed by atoms with E-state index in [2.05, 4.69) is 10.1 Å². The molecule has 8 nitrogen and oxygen atoms in total. The molecule has 0 spiro atoms. The van der Waals surface area contributed by atoms with E-state index in [4.69, 9.17) is 9.15 Å². The fourth-order valence-corrected chi connectivity index (χ4v) is 4.06. The van der Waals surface area contributed by atoms with Gasteiger partial charge in [-0.1, -0.05) is 30.3 Å². The Morgan fingerprint density at radius 2 is 1.77 bits per heavy atom. The van der Waals surface area contributed by atoms with E-state index in [9.17, 15) is 9.90 Å². The molecule has 0 bridgehead atoms. The molecule has 0 aliphatic carbocycles. The van der Waals surface area contributed by atoms with Crippen LogP contribution in [0.5, 0.6) is 5.75 Å². The highest BCUT2D eigenvalue weighted by Gasteiger charge is 2.19. The first-order valence-corrected chi connectivity index (χ1v) is 11.4. The Labute approximate surface area is 202 Å². The van der Waals surface area contributed by atoms with Gasteiger partial charge in [0.2, 0.25) is 5.89 Å². The Hall–Kier alpha value is -4.17. The number of aliphatic hydroxyl groups is 1. The SMILES string of the molecule is Cc1oc(-c2ccc(OC(C)C)cc2)nc1Cn1ccn2nc(-c3ccccc3)c(CO)c2c1=O. The molecule has 5 aromatic rings. The van der Waals surface area contributed by atoms with E-state index in [1.165, 1.54) is 4.52 Å². The highest BCUT2D eigenvalue weighted by molar-refractivity contribution is 5.72. The van der Waals surface area contributed by atoms with E-state index in [0.29, 0.717) is 34.1 Å². The molecule has 3 heterocycles. The Bertz CT molecular complexity index is 1530. The Balaban J connectivity index is 1.48. The number of oxazole rings is 1. The molecule has 5 rings (SSSR count). The number of aryl methyl sites for hydroxylation is 1. The van der Waals surface area contributed by atoms with Crippen molar-refractivity contribution in [3.05, 3.63) is 94.4 Å². The summed E-state index contributed by atoms with van der Waals surface area (Å²) in [5.74, 6) is 1.90. The van der Waals surface area contributed by atoms with Crippen LogP contribution in [-0.4, -0.2) is 30.4 Å². The number of aromatic nitrogens is 4. The monoisotopic (exact) mass is 470 g/mol. The maximum atomic E-state index is 13.4. The first-order chi connectivity index (χ1) is 16.9. The van der Waals surface area contributed by atoms with Crippen LogP contribution in [0.25, 0.3) is 28.2 Å². The number of rotatable bonds is 7. The molecule has 0 saturated carbocycles. The van der Waals surface area contributed by atoms with Crippen molar-refractivity contribution >= 4 is 5.52 Å². The Morgan fingerprint density at radius 3 is 2.46 bits per heavy atom. The van der Waals surface area contributed by atoms with Gasteiger partial charge in [0.05, 0.1) is 24.9 Å². The molecule has 3 aromatic heterocycles. The number of hydrogen-bond donors (Lipinski definition) is 1. The van der Waals surface area contributed by atoms with Crippen LogP contribution in [-0.2, 0) is 13.2 Å². The normalized spacial score (nSPS) is 11.5. The fourth-order valence-electron chi connectivity index (χ4n) is 4.06. The average Bonchev–Trinajstić information content (AvgIpc) is 3.42. The maximum absolute atomic E-state index is 13.4. The molecule has 0 radical (unpaired) electrons. The lowest BCUT2D eigenvalue weighted by atomic mass is 10.1. The van der Waals surface area contributed by atoms with E-state index < -0.39 is 0 Å². The van der Waals surface area contributed by atoms with Gasteiger partial charge in [0.25, 0.3) is 5.56 Å². The molecular formula is C27H26N4O4. The van der Waals surface area contributed by atoms with Crippen molar-refractivity contribution in [2.75, 3.05) is 0 Å². The minimum atomic E-state index is -0.295. The van der Waals surface area contributed by atoms with Gasteiger partial charge in [-0.2, -0.15) is 5.10 Å². The molecule has 0 aliphatic rings. The summed E-state index contributed by atoms with van der Waals surface area (Å²) in [5, 5.41) is 14.6. The number of aliphatic hydroxyl groups excluding tert-OH is 1. The average molecular weight is 471 g/mol. The second-order valence-corrected chi connectivity index (χ2v) is 8.59. The van der Waals surface area contributed by atoms with Crippen molar-refractivity contribution in [2.24, 2.45) is 0 Å². The molecule has 2 aromatic carbocycles. The third-order valence-electron chi connectivity index (χ3n) is 5.75. The van der Waals surface area contributed by atoms with Crippen molar-refractivity contribution in [3.8, 4) is 28.5 Å². The van der Waals surface area contributed by atoms with E-state index in [1.54, 1.807) is 17.0 Å². The predicted molar refractivity (Wildman–Crippen MR) is 132 cm³/mol. The molecule has 8 heteroatoms. The van der Waals surface area contributed by atoms with Gasteiger partial charge in [-0.3, -0.25) is 4.79 Å². The van der Waals surface area contributed by atoms with Crippen LogP contribution < -0.4 is 10.3 Å². The zero-order valence-corrected chi connectivity index (χ0v) is 19.8. The van der Waals surface area contributed by atoms with Crippen LogP contribution in [0.3, 0.4) is 0 Å². The van der Waals surface area contributed by atoms with Crippen LogP contribution >= 0.6 is 0 Å². The maximum Gasteiger partial charge on any atom is 0.277 e. The Morgan fingerprint density at radius 1 is 1.03 bits per heavy atom. The van der Waals surface area contributed by atoms with Crippen molar-refractivity contribution in [2.45, 2.75) is 40.0 Å². The largest absolute Gasteiger partial charge is 0.491 e. The smallest absolute Gasteiger partial charge is 0.277 e. The van der Waals surface area contributed by atoms with Crippen LogP contribution in [0.15, 0.2) is 76.2 Å². The molecule has 0 fully saturated rings. The molecule has 35 heavy (non-hydrogen) atoms. The summed E-state index contributed by atoms with van der Waals surface area (Å²) in [5.41, 5.74) is 3.49. The second-order valence-electron chi connectivity index (χ2n) is 8.59. The van der Waals surface area contributed by atoms with Gasteiger partial charge in [-0.05, 0) is 45.0 Å². The van der Waals surface area contributed by atoms with E-state index >= 15 is 0 Å². The molecule has 0 atom stereocenters. The van der Waals surface area contributed by atoms with Crippen LogP contribution in [0.2, 0.25) is 0 Å². The van der Waals surface area contributed by atoms with Crippen molar-refractivity contribution in [3.63, 3.8) is 0 Å². The zero-order chi connectivity index (χ0) is 24.5. The van der Waals surface area contributed by atoms with Gasteiger partial charge in [0, 0.05) is 29.1 Å². The minimum Gasteiger partial charge on any atom is -0.491 e. The van der Waals surface area contributed by atoms with Gasteiger partial charge in [0.1, 0.15) is 22.7 Å². The van der Waals surface area contributed by atoms with Crippen LogP contribution in [0.4, 0.5) is 0 Å². The number of benzene rings is 2. The summed E-state index contributed by atoms with van der Waals surface area (Å²) in [4.78, 5) is 18.0. The topological polar surface area (TPSA) is 94.8 Å². The lowest BCUT2D eigenvalue weighted by Crippen LogP contribution is -2.23. The summed E-state index contributed by atoms with van der Waals surface area (Å²) in [6.45, 7) is 5.73. The van der Waals surface area contributed by atoms with Crippen LogP contribution in [0.1, 0.15) is 30.9 Å². The summed E-state index contributed by atoms with van der Waals surface area (Å²) >= 11 is 0. The first kappa shape index (κ1) is 22.6. The van der Waals surface area contributed by atoms with Gasteiger partial charge < -0.3 is 18.8 Å². The van der Waals surface area contributed by atoms with E-state index in [0.717, 1.165) is 16.9 Å². The number of ether oxygens (including phenoxy) is 1.